The summed E-state index contributed by atoms with van der Waals surface area (Å²) in [6, 6.07) is 3.84. The van der Waals surface area contributed by atoms with Crippen LogP contribution in [0.1, 0.15) is 0 Å². The average Bonchev–Trinajstić information content (AvgIpc) is 2.37. The molecule has 2 amide bonds. The summed E-state index contributed by atoms with van der Waals surface area (Å²) < 4.78 is 5.17. The molecule has 1 aromatic carbocycles. The maximum absolute atomic E-state index is 11.5. The van der Waals surface area contributed by atoms with Crippen molar-refractivity contribution in [3.05, 3.63) is 18.2 Å². The number of fused-ring (bicyclic) bond motifs is 1. The summed E-state index contributed by atoms with van der Waals surface area (Å²) in [5, 5.41) is 13.9. The van der Waals surface area contributed by atoms with E-state index in [9.17, 15) is 9.59 Å². The molecule has 1 aromatic rings. The van der Waals surface area contributed by atoms with E-state index in [1.807, 2.05) is 0 Å². The lowest BCUT2D eigenvalue weighted by atomic mass is 10.2. The minimum absolute atomic E-state index is 0.0197. The van der Waals surface area contributed by atoms with E-state index in [1.54, 1.807) is 18.2 Å². The molecular weight excluding hydrogens is 238 g/mol. The number of hydrogen-bond acceptors (Lipinski definition) is 5. The Kier molecular flexibility index (Phi) is 3.45. The first kappa shape index (κ1) is 12.3. The summed E-state index contributed by atoms with van der Waals surface area (Å²) in [7, 11) is 0. The Bertz CT molecular complexity index is 489. The lowest BCUT2D eigenvalue weighted by Crippen LogP contribution is -2.38. The smallest absolute Gasteiger partial charge is 0.262 e. The number of ether oxygens (including phenoxy) is 1. The number of benzene rings is 1. The van der Waals surface area contributed by atoms with Gasteiger partial charge in [0.2, 0.25) is 5.91 Å². The zero-order valence-electron chi connectivity index (χ0n) is 9.47. The molecule has 0 saturated heterocycles. The van der Waals surface area contributed by atoms with Crippen molar-refractivity contribution in [1.82, 2.24) is 0 Å². The predicted octanol–water partition coefficient (Wildman–Crippen LogP) is -0.724. The van der Waals surface area contributed by atoms with Gasteiger partial charge in [0.25, 0.3) is 5.91 Å². The Morgan fingerprint density at radius 2 is 2.39 bits per heavy atom. The van der Waals surface area contributed by atoms with E-state index < -0.39 is 18.6 Å². The molecule has 7 heteroatoms. The van der Waals surface area contributed by atoms with E-state index in [1.165, 1.54) is 0 Å². The van der Waals surface area contributed by atoms with E-state index >= 15 is 0 Å². The average molecular weight is 251 g/mol. The maximum Gasteiger partial charge on any atom is 0.262 e. The Labute approximate surface area is 103 Å². The SMILES string of the molecule is NC(CO)C(=O)Nc1ccc2c(c1)NC(=O)CO2. The van der Waals surface area contributed by atoms with Crippen LogP contribution in [0, 0.1) is 0 Å². The Balaban J connectivity index is 2.13. The van der Waals surface area contributed by atoms with Crippen LogP contribution in [0.25, 0.3) is 0 Å². The summed E-state index contributed by atoms with van der Waals surface area (Å²) in [6.45, 7) is -0.454. The van der Waals surface area contributed by atoms with Gasteiger partial charge in [-0.25, -0.2) is 0 Å². The standard InChI is InChI=1S/C11H13N3O4/c12-7(4-15)11(17)13-6-1-2-9-8(3-6)14-10(16)5-18-9/h1-3,7,15H,4-5,12H2,(H,13,17)(H,14,16). The van der Waals surface area contributed by atoms with Gasteiger partial charge in [-0.15, -0.1) is 0 Å². The summed E-state index contributed by atoms with van der Waals surface area (Å²) in [5.74, 6) is -0.211. The molecule has 0 bridgehead atoms. The van der Waals surface area contributed by atoms with Gasteiger partial charge in [-0.05, 0) is 18.2 Å². The molecule has 0 fully saturated rings. The van der Waals surface area contributed by atoms with Crippen molar-refractivity contribution in [1.29, 1.82) is 0 Å². The first-order valence-electron chi connectivity index (χ1n) is 5.34. The normalized spacial score (nSPS) is 15.1. The highest BCUT2D eigenvalue weighted by molar-refractivity contribution is 5.98. The predicted molar refractivity (Wildman–Crippen MR) is 64.3 cm³/mol. The Morgan fingerprint density at radius 3 is 3.11 bits per heavy atom. The quantitative estimate of drug-likeness (QED) is 0.566. The van der Waals surface area contributed by atoms with Crippen LogP contribution in [-0.4, -0.2) is 36.2 Å². The fraction of sp³-hybridized carbons (Fsp3) is 0.273. The molecule has 1 atom stereocenters. The molecule has 0 spiro atoms. The van der Waals surface area contributed by atoms with Gasteiger partial charge in [0, 0.05) is 5.69 Å². The second-order valence-electron chi connectivity index (χ2n) is 3.83. The topological polar surface area (TPSA) is 114 Å². The van der Waals surface area contributed by atoms with Crippen molar-refractivity contribution in [3.63, 3.8) is 0 Å². The molecule has 0 saturated carbocycles. The highest BCUT2D eigenvalue weighted by atomic mass is 16.5. The van der Waals surface area contributed by atoms with Crippen molar-refractivity contribution >= 4 is 23.2 Å². The summed E-state index contributed by atoms with van der Waals surface area (Å²) >= 11 is 0. The number of nitrogens with one attached hydrogen (secondary N) is 2. The lowest BCUT2D eigenvalue weighted by molar-refractivity contribution is -0.119. The number of aliphatic hydroxyl groups is 1. The fourth-order valence-electron chi connectivity index (χ4n) is 1.48. The van der Waals surface area contributed by atoms with Crippen LogP contribution in [0.2, 0.25) is 0 Å². The minimum atomic E-state index is -0.980. The molecule has 1 aliphatic rings. The molecule has 0 aromatic heterocycles. The molecular formula is C11H13N3O4. The molecule has 0 radical (unpaired) electrons. The van der Waals surface area contributed by atoms with Crippen molar-refractivity contribution in [2.45, 2.75) is 6.04 Å². The molecule has 18 heavy (non-hydrogen) atoms. The minimum Gasteiger partial charge on any atom is -0.482 e. The van der Waals surface area contributed by atoms with Gasteiger partial charge in [-0.1, -0.05) is 0 Å². The molecule has 5 N–H and O–H groups in total. The summed E-state index contributed by atoms with van der Waals surface area (Å²) in [5.41, 5.74) is 6.32. The third-order valence-corrected chi connectivity index (χ3v) is 2.41. The molecule has 7 nitrogen and oxygen atoms in total. The maximum atomic E-state index is 11.5. The molecule has 1 heterocycles. The third kappa shape index (κ3) is 2.58. The summed E-state index contributed by atoms with van der Waals surface area (Å²) in [4.78, 5) is 22.6. The highest BCUT2D eigenvalue weighted by Gasteiger charge is 2.17. The Hall–Kier alpha value is -2.12. The van der Waals surface area contributed by atoms with E-state index in [4.69, 9.17) is 15.6 Å². The van der Waals surface area contributed by atoms with Gasteiger partial charge >= 0.3 is 0 Å². The van der Waals surface area contributed by atoms with Crippen molar-refractivity contribution in [3.8, 4) is 5.75 Å². The van der Waals surface area contributed by atoms with Crippen LogP contribution in [-0.2, 0) is 9.59 Å². The number of nitrogens with two attached hydrogens (primary N) is 1. The number of hydrogen-bond donors (Lipinski definition) is 4. The first-order chi connectivity index (χ1) is 8.60. The molecule has 0 aliphatic carbocycles. The van der Waals surface area contributed by atoms with Gasteiger partial charge in [0.1, 0.15) is 11.8 Å². The monoisotopic (exact) mass is 251 g/mol. The number of anilines is 2. The van der Waals surface area contributed by atoms with Crippen LogP contribution >= 0.6 is 0 Å². The van der Waals surface area contributed by atoms with E-state index in [2.05, 4.69) is 10.6 Å². The zero-order valence-corrected chi connectivity index (χ0v) is 9.47. The molecule has 96 valence electrons. The molecule has 2 rings (SSSR count). The molecule has 1 aliphatic heterocycles. The summed E-state index contributed by atoms with van der Waals surface area (Å²) in [6.07, 6.45) is 0. The van der Waals surface area contributed by atoms with E-state index in [-0.39, 0.29) is 12.5 Å². The fourth-order valence-corrected chi connectivity index (χ4v) is 1.48. The first-order valence-corrected chi connectivity index (χ1v) is 5.34. The second kappa shape index (κ2) is 5.03. The van der Waals surface area contributed by atoms with Gasteiger partial charge in [0.15, 0.2) is 6.61 Å². The van der Waals surface area contributed by atoms with Gasteiger partial charge in [-0.3, -0.25) is 9.59 Å². The van der Waals surface area contributed by atoms with Crippen molar-refractivity contribution in [2.75, 3.05) is 23.8 Å². The van der Waals surface area contributed by atoms with Crippen molar-refractivity contribution in [2.24, 2.45) is 5.73 Å². The largest absolute Gasteiger partial charge is 0.482 e. The number of aliphatic hydroxyl groups excluding tert-OH is 1. The van der Waals surface area contributed by atoms with Crippen molar-refractivity contribution < 1.29 is 19.4 Å². The van der Waals surface area contributed by atoms with Gasteiger partial charge < -0.3 is 26.2 Å². The highest BCUT2D eigenvalue weighted by Crippen LogP contribution is 2.30. The third-order valence-electron chi connectivity index (χ3n) is 2.41. The second-order valence-corrected chi connectivity index (χ2v) is 3.83. The number of carbonyl (C=O) groups is 2. The van der Waals surface area contributed by atoms with Crippen LogP contribution in [0.3, 0.4) is 0 Å². The number of rotatable bonds is 3. The van der Waals surface area contributed by atoms with Crippen LogP contribution in [0.5, 0.6) is 5.75 Å². The van der Waals surface area contributed by atoms with Gasteiger partial charge in [-0.2, -0.15) is 0 Å². The number of amides is 2. The van der Waals surface area contributed by atoms with Gasteiger partial charge in [0.05, 0.1) is 12.3 Å². The number of carbonyl (C=O) groups excluding carboxylic acids is 2. The van der Waals surface area contributed by atoms with E-state index in [0.717, 1.165) is 0 Å². The molecule has 1 unspecified atom stereocenters. The van der Waals surface area contributed by atoms with Crippen LogP contribution < -0.4 is 21.1 Å². The van der Waals surface area contributed by atoms with Crippen LogP contribution in [0.15, 0.2) is 18.2 Å². The zero-order chi connectivity index (χ0) is 13.1. The Morgan fingerprint density at radius 1 is 1.61 bits per heavy atom. The lowest BCUT2D eigenvalue weighted by Gasteiger charge is -2.19. The van der Waals surface area contributed by atoms with Crippen LogP contribution in [0.4, 0.5) is 11.4 Å². The van der Waals surface area contributed by atoms with E-state index in [0.29, 0.717) is 17.1 Å².